The molecule has 4 aliphatic heterocycles. The molecule has 14 rings (SSSR count). The molecular formula is C61H58Cl4N4O16S2. The van der Waals surface area contributed by atoms with Crippen molar-refractivity contribution in [2.45, 2.75) is 139 Å². The van der Waals surface area contributed by atoms with E-state index in [9.17, 15) is 14.7 Å². The number of carboxylic acids is 1. The van der Waals surface area contributed by atoms with Crippen LogP contribution in [-0.2, 0) is 46.4 Å². The number of nitrogens with zero attached hydrogens (tertiary/aromatic N) is 4. The van der Waals surface area contributed by atoms with Gasteiger partial charge >= 0.3 is 11.9 Å². The van der Waals surface area contributed by atoms with Crippen LogP contribution in [0.15, 0.2) is 69.7 Å². The second kappa shape index (κ2) is 25.2. The van der Waals surface area contributed by atoms with Gasteiger partial charge in [0.25, 0.3) is 10.4 Å². The SMILES string of the molecule is CC(C)Oc1cc(C(=O)O)cc2sc(O[C@@H]3CO[C@H]4[C@@H]3OC[C@H]4OCc3c(-c4c(Cl)cccc4Cl)noc3C3CC3)nc12.COC(=O)c1cc(OC(C)C)c2nc(O[C@@H]3CO[C@H]4[C@@H]3OC[C@H]4OCc3c(-c4c(Cl)cccc4Cl)noc3C3CC3)sc2c1. The first kappa shape index (κ1) is 60.1. The number of fused-ring (bicyclic) bond motifs is 4. The fraction of sp³-hybridized carbons (Fsp3) is 0.443. The van der Waals surface area contributed by atoms with Crippen LogP contribution in [0, 0.1) is 0 Å². The number of aromatic nitrogens is 4. The van der Waals surface area contributed by atoms with Gasteiger partial charge in [0.05, 0.1) is 99.6 Å². The van der Waals surface area contributed by atoms with E-state index in [0.717, 1.165) is 53.0 Å². The fourth-order valence-corrected chi connectivity index (χ4v) is 14.2. The van der Waals surface area contributed by atoms with Crippen LogP contribution in [0.3, 0.4) is 0 Å². The second-order valence-corrected chi connectivity index (χ2v) is 26.0. The van der Waals surface area contributed by atoms with Crippen molar-refractivity contribution in [3.63, 3.8) is 0 Å². The van der Waals surface area contributed by atoms with Crippen molar-refractivity contribution in [1.29, 1.82) is 0 Å². The summed E-state index contributed by atoms with van der Waals surface area (Å²) in [5, 5.41) is 21.0. The molecule has 458 valence electrons. The van der Waals surface area contributed by atoms with Crippen LogP contribution in [0.4, 0.5) is 0 Å². The van der Waals surface area contributed by atoms with Crippen LogP contribution < -0.4 is 18.9 Å². The van der Waals surface area contributed by atoms with Crippen LogP contribution in [-0.4, -0.2) is 132 Å². The first-order valence-electron chi connectivity index (χ1n) is 28.5. The molecule has 8 heterocycles. The molecule has 26 heteroatoms. The molecule has 0 amide bonds. The summed E-state index contributed by atoms with van der Waals surface area (Å²) >= 11 is 28.6. The Morgan fingerprint density at radius 3 is 1.37 bits per heavy atom. The van der Waals surface area contributed by atoms with Gasteiger partial charge in [0, 0.05) is 34.1 Å². The Hall–Kier alpha value is -5.86. The maximum Gasteiger partial charge on any atom is 0.338 e. The summed E-state index contributed by atoms with van der Waals surface area (Å²) in [7, 11) is 1.34. The predicted octanol–water partition coefficient (Wildman–Crippen LogP) is 13.6. The summed E-state index contributed by atoms with van der Waals surface area (Å²) in [5.41, 5.74) is 5.79. The Morgan fingerprint density at radius 1 is 0.586 bits per heavy atom. The lowest BCUT2D eigenvalue weighted by atomic mass is 10.0. The Kier molecular flexibility index (Phi) is 17.4. The number of thiazole rings is 2. The summed E-state index contributed by atoms with van der Waals surface area (Å²) in [6, 6.07) is 17.1. The zero-order chi connectivity index (χ0) is 60.4. The molecule has 4 aromatic heterocycles. The lowest BCUT2D eigenvalue weighted by molar-refractivity contribution is -0.0428. The first-order valence-corrected chi connectivity index (χ1v) is 31.6. The lowest BCUT2D eigenvalue weighted by Gasteiger charge is -2.17. The number of methoxy groups -OCH3 is 1. The van der Waals surface area contributed by atoms with Crippen LogP contribution in [0.2, 0.25) is 20.1 Å². The number of carbonyl (C=O) groups excluding carboxylic acids is 1. The van der Waals surface area contributed by atoms with Crippen molar-refractivity contribution in [2.75, 3.05) is 33.5 Å². The van der Waals surface area contributed by atoms with Gasteiger partial charge in [0.15, 0.2) is 12.2 Å². The number of benzene rings is 4. The number of rotatable bonds is 20. The summed E-state index contributed by atoms with van der Waals surface area (Å²) in [6.07, 6.45) is 1.06. The summed E-state index contributed by atoms with van der Waals surface area (Å²) in [4.78, 5) is 33.2. The zero-order valence-electron chi connectivity index (χ0n) is 47.5. The Balaban J connectivity index is 0.000000161. The molecule has 2 saturated carbocycles. The molecule has 87 heavy (non-hydrogen) atoms. The van der Waals surface area contributed by atoms with Crippen molar-refractivity contribution in [1.82, 2.24) is 20.3 Å². The van der Waals surface area contributed by atoms with Crippen molar-refractivity contribution in [2.24, 2.45) is 0 Å². The minimum atomic E-state index is -1.04. The number of hydrogen-bond acceptors (Lipinski definition) is 21. The third-order valence-electron chi connectivity index (χ3n) is 15.5. The first-order chi connectivity index (χ1) is 42.1. The fourth-order valence-electron chi connectivity index (χ4n) is 11.2. The van der Waals surface area contributed by atoms with Gasteiger partial charge in [-0.15, -0.1) is 0 Å². The average molecular weight is 1310 g/mol. The third kappa shape index (κ3) is 12.5. The van der Waals surface area contributed by atoms with E-state index >= 15 is 0 Å². The number of aromatic carboxylic acids is 1. The molecule has 0 radical (unpaired) electrons. The average Bonchev–Trinajstić information content (AvgIpc) is 3.54. The highest BCUT2D eigenvalue weighted by atomic mass is 35.5. The van der Waals surface area contributed by atoms with Gasteiger partial charge < -0.3 is 66.3 Å². The summed E-state index contributed by atoms with van der Waals surface area (Å²) in [6.45, 7) is 9.33. The van der Waals surface area contributed by atoms with Crippen LogP contribution in [0.5, 0.6) is 21.9 Å². The number of carbonyl (C=O) groups is 2. The molecule has 6 fully saturated rings. The Labute approximate surface area is 526 Å². The normalized spacial score (nSPS) is 23.1. The monoisotopic (exact) mass is 1310 g/mol. The van der Waals surface area contributed by atoms with Crippen molar-refractivity contribution in [3.8, 4) is 44.4 Å². The van der Waals surface area contributed by atoms with Gasteiger partial charge in [-0.3, -0.25) is 0 Å². The van der Waals surface area contributed by atoms with E-state index in [0.29, 0.717) is 124 Å². The highest BCUT2D eigenvalue weighted by molar-refractivity contribution is 7.20. The molecule has 4 aromatic carbocycles. The van der Waals surface area contributed by atoms with Crippen molar-refractivity contribution in [3.05, 3.63) is 115 Å². The standard InChI is InChI=1S/C31H30Cl2N2O8S.C30H28Cl2N2O8S/c1-14(2)41-20-9-16(30(36)37-3)10-23-26(20)34-31(44-23)42-22-13-40-28-21(12-39-29(22)28)38-11-17-25(35-43-27(17)15-7-8-15)24-18(32)5-4-6-19(24)33;1-13(2)40-19-8-15(29(35)36)9-22-25(19)33-30(43-22)41-21-12-39-27-20(11-38-28(21)27)37-10-16-24(34-42-26(16)14-6-7-14)23-17(31)4-3-5-18(23)32/h4-6,9-10,14-15,21-22,28-29H,7-8,11-13H2,1-3H3;3-5,8-9,13-14,20-21,27-28H,6-7,10-12H2,1-2H3,(H,35,36)/t21-,22-,28-,29-;20-,21-,27-,28-/m11/s1. The summed E-state index contributed by atoms with van der Waals surface area (Å²) in [5.74, 6) is 1.64. The van der Waals surface area contributed by atoms with E-state index in [1.165, 1.54) is 35.8 Å². The van der Waals surface area contributed by atoms with Crippen LogP contribution in [0.25, 0.3) is 42.9 Å². The van der Waals surface area contributed by atoms with Gasteiger partial charge in [0.1, 0.15) is 82.1 Å². The van der Waals surface area contributed by atoms with Crippen LogP contribution in [0.1, 0.15) is 109 Å². The Bertz CT molecular complexity index is 3840. The van der Waals surface area contributed by atoms with E-state index in [1.807, 2.05) is 27.7 Å². The highest BCUT2D eigenvalue weighted by Crippen LogP contribution is 2.49. The number of ether oxygens (including phenoxy) is 11. The summed E-state index contributed by atoms with van der Waals surface area (Å²) < 4.78 is 79.5. The molecule has 0 spiro atoms. The third-order valence-corrected chi connectivity index (χ3v) is 18.6. The maximum atomic E-state index is 12.3. The molecule has 0 bridgehead atoms. The van der Waals surface area contributed by atoms with Gasteiger partial charge in [0.2, 0.25) is 0 Å². The molecule has 2 aliphatic carbocycles. The number of esters is 1. The van der Waals surface area contributed by atoms with E-state index in [4.69, 9.17) is 108 Å². The van der Waals surface area contributed by atoms with Gasteiger partial charge in [-0.05, 0) is 102 Å². The molecule has 8 atom stereocenters. The molecule has 1 N–H and O–H groups in total. The van der Waals surface area contributed by atoms with E-state index in [2.05, 4.69) is 20.3 Å². The van der Waals surface area contributed by atoms with E-state index in [1.54, 1.807) is 54.6 Å². The van der Waals surface area contributed by atoms with Crippen molar-refractivity contribution < 1.29 is 75.8 Å². The smallest absolute Gasteiger partial charge is 0.338 e. The topological polar surface area (TPSA) is 234 Å². The van der Waals surface area contributed by atoms with E-state index < -0.39 is 18.0 Å². The number of halogens is 4. The second-order valence-electron chi connectivity index (χ2n) is 22.4. The molecule has 20 nitrogen and oxygen atoms in total. The maximum absolute atomic E-state index is 12.3. The number of hydrogen-bond donors (Lipinski definition) is 1. The molecule has 4 saturated heterocycles. The minimum absolute atomic E-state index is 0.110. The van der Waals surface area contributed by atoms with Gasteiger partial charge in [-0.1, -0.05) is 91.5 Å². The van der Waals surface area contributed by atoms with Gasteiger partial charge in [-0.2, -0.15) is 9.97 Å². The van der Waals surface area contributed by atoms with Crippen molar-refractivity contribution >= 4 is 101 Å². The highest BCUT2D eigenvalue weighted by Gasteiger charge is 2.52. The Morgan fingerprint density at radius 2 is 0.977 bits per heavy atom. The quantitative estimate of drug-likeness (QED) is 0.0698. The van der Waals surface area contributed by atoms with Gasteiger partial charge in [-0.25, -0.2) is 9.59 Å². The molecule has 6 aliphatic rings. The van der Waals surface area contributed by atoms with Crippen LogP contribution >= 0.6 is 69.1 Å². The van der Waals surface area contributed by atoms with E-state index in [-0.39, 0.29) is 73.7 Å². The molecular weight excluding hydrogens is 1250 g/mol. The molecule has 0 unspecified atom stereocenters. The zero-order valence-corrected chi connectivity index (χ0v) is 52.1. The molecule has 8 aromatic rings. The number of carboxylic acid groups (broad SMARTS) is 1. The predicted molar refractivity (Wildman–Crippen MR) is 322 cm³/mol. The lowest BCUT2D eigenvalue weighted by Crippen LogP contribution is -2.35. The largest absolute Gasteiger partial charge is 0.489 e. The minimum Gasteiger partial charge on any atom is -0.489 e.